The van der Waals surface area contributed by atoms with Crippen molar-refractivity contribution >= 4 is 27.5 Å². The number of hydrogen-bond acceptors (Lipinski definition) is 4. The molecular formula is C19H27ClN2O4S. The minimum absolute atomic E-state index is 0.0688. The molecule has 1 amide bonds. The van der Waals surface area contributed by atoms with E-state index in [1.165, 1.54) is 0 Å². The predicted octanol–water partition coefficient (Wildman–Crippen LogP) is 2.38. The Balaban J connectivity index is 1.51. The Morgan fingerprint density at radius 1 is 1.19 bits per heavy atom. The third kappa shape index (κ3) is 5.22. The van der Waals surface area contributed by atoms with Crippen molar-refractivity contribution in [3.8, 4) is 0 Å². The Labute approximate surface area is 166 Å². The van der Waals surface area contributed by atoms with E-state index >= 15 is 0 Å². The van der Waals surface area contributed by atoms with Gasteiger partial charge in [-0.15, -0.1) is 0 Å². The lowest BCUT2D eigenvalue weighted by atomic mass is 9.97. The van der Waals surface area contributed by atoms with Crippen molar-refractivity contribution in [2.75, 3.05) is 39.9 Å². The Morgan fingerprint density at radius 3 is 2.56 bits per heavy atom. The van der Waals surface area contributed by atoms with Crippen molar-refractivity contribution in [2.45, 2.75) is 25.0 Å². The minimum atomic E-state index is -3.38. The van der Waals surface area contributed by atoms with Crippen LogP contribution in [-0.4, -0.2) is 63.4 Å². The van der Waals surface area contributed by atoms with Crippen LogP contribution in [0.15, 0.2) is 24.3 Å². The van der Waals surface area contributed by atoms with Crippen LogP contribution in [0.5, 0.6) is 0 Å². The highest BCUT2D eigenvalue weighted by atomic mass is 35.5. The molecular weight excluding hydrogens is 388 g/mol. The SMILES string of the molecule is COCC1CC(=O)N(CC2CCN(S(=O)(=O)Cc3ccccc3Cl)CC2)C1. The van der Waals surface area contributed by atoms with Crippen LogP contribution in [0.3, 0.4) is 0 Å². The molecule has 0 saturated carbocycles. The number of sulfonamides is 1. The van der Waals surface area contributed by atoms with E-state index < -0.39 is 10.0 Å². The number of likely N-dealkylation sites (tertiary alicyclic amines) is 1. The molecule has 1 unspecified atom stereocenters. The zero-order chi connectivity index (χ0) is 19.4. The van der Waals surface area contributed by atoms with Crippen LogP contribution in [0.1, 0.15) is 24.8 Å². The molecule has 0 spiro atoms. The van der Waals surface area contributed by atoms with Gasteiger partial charge in [0, 0.05) is 50.7 Å². The fourth-order valence-corrected chi connectivity index (χ4v) is 5.84. The number of hydrogen-bond donors (Lipinski definition) is 0. The number of piperidine rings is 1. The summed E-state index contributed by atoms with van der Waals surface area (Å²) in [6.07, 6.45) is 2.11. The maximum absolute atomic E-state index is 12.7. The summed E-state index contributed by atoms with van der Waals surface area (Å²) in [7, 11) is -1.73. The molecule has 2 saturated heterocycles. The molecule has 27 heavy (non-hydrogen) atoms. The molecule has 2 aliphatic heterocycles. The van der Waals surface area contributed by atoms with Crippen LogP contribution in [-0.2, 0) is 25.3 Å². The Morgan fingerprint density at radius 2 is 1.89 bits per heavy atom. The van der Waals surface area contributed by atoms with Gasteiger partial charge in [-0.2, -0.15) is 0 Å². The summed E-state index contributed by atoms with van der Waals surface area (Å²) in [6.45, 7) is 3.08. The molecule has 6 nitrogen and oxygen atoms in total. The summed E-state index contributed by atoms with van der Waals surface area (Å²) < 4.78 is 32.1. The molecule has 0 aliphatic carbocycles. The van der Waals surface area contributed by atoms with Crippen LogP contribution in [0, 0.1) is 11.8 Å². The van der Waals surface area contributed by atoms with Gasteiger partial charge in [-0.05, 0) is 30.4 Å². The van der Waals surface area contributed by atoms with E-state index in [-0.39, 0.29) is 17.6 Å². The van der Waals surface area contributed by atoms with Gasteiger partial charge in [-0.25, -0.2) is 12.7 Å². The summed E-state index contributed by atoms with van der Waals surface area (Å²) in [6, 6.07) is 7.05. The van der Waals surface area contributed by atoms with Gasteiger partial charge in [0.05, 0.1) is 12.4 Å². The molecule has 2 heterocycles. The summed E-state index contributed by atoms with van der Waals surface area (Å²) in [5, 5.41) is 0.481. The highest BCUT2D eigenvalue weighted by Gasteiger charge is 2.33. The molecule has 1 aromatic carbocycles. The van der Waals surface area contributed by atoms with E-state index in [0.29, 0.717) is 42.6 Å². The molecule has 0 N–H and O–H groups in total. The number of carbonyl (C=O) groups is 1. The molecule has 0 aromatic heterocycles. The standard InChI is InChI=1S/C19H27ClN2O4S/c1-26-13-16-10-19(23)21(12-16)11-15-6-8-22(9-7-15)27(24,25)14-17-4-2-3-5-18(17)20/h2-5,15-16H,6-14H2,1H3. The fraction of sp³-hybridized carbons (Fsp3) is 0.632. The summed E-state index contributed by atoms with van der Waals surface area (Å²) in [5.74, 6) is 0.743. The van der Waals surface area contributed by atoms with Gasteiger partial charge in [0.25, 0.3) is 0 Å². The highest BCUT2D eigenvalue weighted by molar-refractivity contribution is 7.88. The van der Waals surface area contributed by atoms with Crippen LogP contribution >= 0.6 is 11.6 Å². The first-order valence-electron chi connectivity index (χ1n) is 9.37. The van der Waals surface area contributed by atoms with Crippen LogP contribution in [0.2, 0.25) is 5.02 Å². The third-order valence-corrected chi connectivity index (χ3v) is 7.63. The topological polar surface area (TPSA) is 66.9 Å². The number of halogens is 1. The van der Waals surface area contributed by atoms with Gasteiger partial charge in [0.2, 0.25) is 15.9 Å². The predicted molar refractivity (Wildman–Crippen MR) is 105 cm³/mol. The van der Waals surface area contributed by atoms with Crippen molar-refractivity contribution in [2.24, 2.45) is 11.8 Å². The first-order chi connectivity index (χ1) is 12.9. The number of carbonyl (C=O) groups excluding carboxylic acids is 1. The zero-order valence-corrected chi connectivity index (χ0v) is 17.2. The van der Waals surface area contributed by atoms with E-state index in [9.17, 15) is 13.2 Å². The van der Waals surface area contributed by atoms with E-state index in [1.54, 1.807) is 35.7 Å². The highest BCUT2D eigenvalue weighted by Crippen LogP contribution is 2.26. The van der Waals surface area contributed by atoms with E-state index in [0.717, 1.165) is 25.9 Å². The average Bonchev–Trinajstić information content (AvgIpc) is 2.97. The van der Waals surface area contributed by atoms with Crippen molar-refractivity contribution in [3.05, 3.63) is 34.9 Å². The quantitative estimate of drug-likeness (QED) is 0.687. The summed E-state index contributed by atoms with van der Waals surface area (Å²) in [5.41, 5.74) is 0.633. The van der Waals surface area contributed by atoms with Gasteiger partial charge in [-0.1, -0.05) is 29.8 Å². The molecule has 2 fully saturated rings. The maximum Gasteiger partial charge on any atom is 0.223 e. The Bertz CT molecular complexity index is 763. The van der Waals surface area contributed by atoms with Gasteiger partial charge in [0.15, 0.2) is 0 Å². The number of rotatable bonds is 7. The third-order valence-electron chi connectivity index (χ3n) is 5.44. The van der Waals surface area contributed by atoms with Gasteiger partial charge in [-0.3, -0.25) is 4.79 Å². The number of amides is 1. The van der Waals surface area contributed by atoms with E-state index in [2.05, 4.69) is 0 Å². The molecule has 150 valence electrons. The molecule has 0 bridgehead atoms. The Kier molecular flexibility index (Phi) is 6.78. The second-order valence-electron chi connectivity index (χ2n) is 7.51. The number of nitrogens with zero attached hydrogens (tertiary/aromatic N) is 2. The van der Waals surface area contributed by atoms with E-state index in [4.69, 9.17) is 16.3 Å². The fourth-order valence-electron chi connectivity index (χ4n) is 3.96. The van der Waals surface area contributed by atoms with E-state index in [1.807, 2.05) is 4.90 Å². The Hall–Kier alpha value is -1.15. The van der Waals surface area contributed by atoms with Gasteiger partial charge >= 0.3 is 0 Å². The van der Waals surface area contributed by atoms with Crippen molar-refractivity contribution in [3.63, 3.8) is 0 Å². The molecule has 2 aliphatic rings. The summed E-state index contributed by atoms with van der Waals surface area (Å²) in [4.78, 5) is 14.1. The lowest BCUT2D eigenvalue weighted by Crippen LogP contribution is -2.42. The molecule has 1 atom stereocenters. The van der Waals surface area contributed by atoms with Crippen LogP contribution < -0.4 is 0 Å². The monoisotopic (exact) mass is 414 g/mol. The van der Waals surface area contributed by atoms with Gasteiger partial charge in [0.1, 0.15) is 0 Å². The molecule has 3 rings (SSSR count). The summed E-state index contributed by atoms with van der Waals surface area (Å²) >= 11 is 6.11. The van der Waals surface area contributed by atoms with Crippen LogP contribution in [0.25, 0.3) is 0 Å². The molecule has 1 aromatic rings. The maximum atomic E-state index is 12.7. The first-order valence-corrected chi connectivity index (χ1v) is 11.4. The van der Waals surface area contributed by atoms with Crippen LogP contribution in [0.4, 0.5) is 0 Å². The molecule has 8 heteroatoms. The number of benzene rings is 1. The lowest BCUT2D eigenvalue weighted by Gasteiger charge is -2.33. The normalized spacial score (nSPS) is 22.5. The smallest absolute Gasteiger partial charge is 0.223 e. The number of methoxy groups -OCH3 is 1. The largest absolute Gasteiger partial charge is 0.384 e. The lowest BCUT2D eigenvalue weighted by molar-refractivity contribution is -0.128. The minimum Gasteiger partial charge on any atom is -0.384 e. The van der Waals surface area contributed by atoms with Gasteiger partial charge < -0.3 is 9.64 Å². The second kappa shape index (κ2) is 8.90. The van der Waals surface area contributed by atoms with Crippen molar-refractivity contribution in [1.29, 1.82) is 0 Å². The number of ether oxygens (including phenoxy) is 1. The van der Waals surface area contributed by atoms with Crippen molar-refractivity contribution in [1.82, 2.24) is 9.21 Å². The molecule has 0 radical (unpaired) electrons. The first kappa shape index (κ1) is 20.6. The second-order valence-corrected chi connectivity index (χ2v) is 9.89. The van der Waals surface area contributed by atoms with Crippen molar-refractivity contribution < 1.29 is 17.9 Å². The average molecular weight is 415 g/mol. The zero-order valence-electron chi connectivity index (χ0n) is 15.6.